The summed E-state index contributed by atoms with van der Waals surface area (Å²) in [4.78, 5) is 4.76. The van der Waals surface area contributed by atoms with Crippen molar-refractivity contribution in [2.45, 2.75) is 0 Å². The number of hydrogen-bond acceptors (Lipinski definition) is 4. The third kappa shape index (κ3) is 14.4. The summed E-state index contributed by atoms with van der Waals surface area (Å²) >= 11 is 0. The van der Waals surface area contributed by atoms with Crippen LogP contribution in [0.25, 0.3) is 221 Å². The Morgan fingerprint density at radius 3 is 0.804 bits per heavy atom. The second-order valence-electron chi connectivity index (χ2n) is 35.8. The third-order valence-electron chi connectivity index (χ3n) is 27.8. The summed E-state index contributed by atoms with van der Waals surface area (Å²) in [6, 6.07) is 190. The quantitative estimate of drug-likeness (QED) is 0.0809. The van der Waals surface area contributed by atoms with Crippen LogP contribution in [-0.4, -0.2) is 9.13 Å². The molecule has 646 valence electrons. The van der Waals surface area contributed by atoms with Gasteiger partial charge in [0.15, 0.2) is 0 Å². The molecule has 0 saturated heterocycles. The van der Waals surface area contributed by atoms with Crippen LogP contribution in [0.1, 0.15) is 0 Å². The first-order chi connectivity index (χ1) is 68.4. The van der Waals surface area contributed by atoms with E-state index in [2.05, 4.69) is 516 Å². The monoisotopic (exact) mass is 1760 g/mol. The molecule has 6 heteroatoms. The Balaban J connectivity index is 0.496. The minimum absolute atomic E-state index is 0.887. The van der Waals surface area contributed by atoms with Gasteiger partial charge in [0.2, 0.25) is 0 Å². The molecule has 0 aliphatic rings. The molecule has 0 fully saturated rings. The van der Waals surface area contributed by atoms with Gasteiger partial charge >= 0.3 is 0 Å². The lowest BCUT2D eigenvalue weighted by atomic mass is 9.95. The zero-order chi connectivity index (χ0) is 91.1. The topological polar surface area (TPSA) is 42.6 Å². The summed E-state index contributed by atoms with van der Waals surface area (Å²) in [6.45, 7) is 0. The molecule has 0 unspecified atom stereocenters. The first-order valence-electron chi connectivity index (χ1n) is 47.2. The average Bonchev–Trinajstić information content (AvgIpc) is 1.59. The van der Waals surface area contributed by atoms with Gasteiger partial charge in [-0.25, -0.2) is 0 Å². The molecule has 0 atom stereocenters. The van der Waals surface area contributed by atoms with E-state index in [1.807, 2.05) is 24.3 Å². The lowest BCUT2D eigenvalue weighted by molar-refractivity contribution is 0.668. The number of hydrogen-bond donors (Lipinski definition) is 0. The molecule has 0 spiro atoms. The average molecular weight is 1760 g/mol. The van der Waals surface area contributed by atoms with Gasteiger partial charge in [0.25, 0.3) is 0 Å². The van der Waals surface area contributed by atoms with E-state index in [-0.39, 0.29) is 0 Å². The maximum atomic E-state index is 6.36. The van der Waals surface area contributed by atoms with Crippen LogP contribution in [0.2, 0.25) is 0 Å². The van der Waals surface area contributed by atoms with Crippen molar-refractivity contribution >= 4 is 122 Å². The van der Waals surface area contributed by atoms with Crippen LogP contribution in [-0.2, 0) is 0 Å². The number of anilines is 6. The SMILES string of the molecule is c1ccc(-c2ccc(-c3ccc(N(c4ccc(-c5cccc(-c6cccc7oc8ccccc8c67)c5)cc4)c4ccc(-c5ccccc5-n5c6ccccc6c6ccc(-c7ccc(-c8ccc(-c9cccc(N(c%10ccc(-c%11cccc(-c%12cccc%13oc%14ccccc%14c%12%13)c%11)cc%10)c%10ccc(-c%11ccccc%11-n%11c%12ccccc%12c%12ccccc%12%11)cc%10)c9)cc8)cc7)cc65)cc4)cc3)cc2)cc1. The number of rotatable bonds is 19. The van der Waals surface area contributed by atoms with Crippen molar-refractivity contribution in [2.75, 3.05) is 9.80 Å². The van der Waals surface area contributed by atoms with E-state index < -0.39 is 0 Å². The van der Waals surface area contributed by atoms with Crippen LogP contribution in [0.15, 0.2) is 531 Å². The molecule has 138 heavy (non-hydrogen) atoms. The Morgan fingerprint density at radius 1 is 0.138 bits per heavy atom. The summed E-state index contributed by atoms with van der Waals surface area (Å²) in [7, 11) is 0. The standard InChI is InChI=1S/C132H86N4O2/c1-2-23-87(24-3-1)88-49-51-91(52-50-88)92-61-72-105(73-62-92)133(106-74-63-95(64-75-106)99-25-18-28-103(83-99)113-38-21-47-129-131(113)119-36-9-16-45-127(119)137-129)107-78-67-98(68-79-107)112-32-5-12-41-122(112)136-125-44-15-8-35-117(125)118-82-71-102(86-126(118)136)94-59-55-90(56-60-94)89-53-57-93(58-54-89)101-27-20-30-110(85-101)134(108-76-65-96(66-77-108)100-26-19-29-104(84-100)114-39-22-48-130-132(114)120-37-10-17-46-128(120)138-130)109-80-69-97(70-81-109)111-31-4-11-40-121(111)135-123-42-13-6-33-115(123)116-34-7-14-43-124(116)135/h1-86H. The zero-order valence-electron chi connectivity index (χ0n) is 75.3. The van der Waals surface area contributed by atoms with Gasteiger partial charge in [0.1, 0.15) is 22.3 Å². The van der Waals surface area contributed by atoms with Gasteiger partial charge < -0.3 is 27.8 Å². The molecular formula is C132H86N4O2. The number of furan rings is 2. The largest absolute Gasteiger partial charge is 0.456 e. The molecule has 4 aromatic heterocycles. The van der Waals surface area contributed by atoms with Gasteiger partial charge in [0.05, 0.1) is 33.4 Å². The number of para-hydroxylation sites is 7. The Morgan fingerprint density at radius 2 is 0.391 bits per heavy atom. The molecule has 0 N–H and O–H groups in total. The molecular weight excluding hydrogens is 1670 g/mol. The van der Waals surface area contributed by atoms with Gasteiger partial charge in [0, 0.05) is 88.3 Å². The molecule has 0 bridgehead atoms. The molecule has 22 aromatic carbocycles. The Labute approximate surface area is 799 Å². The molecule has 0 aliphatic carbocycles. The van der Waals surface area contributed by atoms with Crippen LogP contribution in [0.4, 0.5) is 34.1 Å². The normalized spacial score (nSPS) is 11.6. The fourth-order valence-corrected chi connectivity index (χ4v) is 21.1. The van der Waals surface area contributed by atoms with Gasteiger partial charge in [-0.15, -0.1) is 0 Å². The lowest BCUT2D eigenvalue weighted by Gasteiger charge is -2.26. The van der Waals surface area contributed by atoms with Crippen molar-refractivity contribution in [2.24, 2.45) is 0 Å². The molecule has 0 amide bonds. The van der Waals surface area contributed by atoms with Crippen molar-refractivity contribution in [1.29, 1.82) is 0 Å². The van der Waals surface area contributed by atoms with Crippen molar-refractivity contribution < 1.29 is 8.83 Å². The number of aromatic nitrogens is 2. The van der Waals surface area contributed by atoms with Crippen LogP contribution in [0.3, 0.4) is 0 Å². The maximum absolute atomic E-state index is 6.36. The first kappa shape index (κ1) is 80.5. The van der Waals surface area contributed by atoms with E-state index >= 15 is 0 Å². The second kappa shape index (κ2) is 34.0. The highest BCUT2D eigenvalue weighted by Crippen LogP contribution is 2.48. The van der Waals surface area contributed by atoms with Gasteiger partial charge in [-0.2, -0.15) is 0 Å². The molecule has 26 aromatic rings. The van der Waals surface area contributed by atoms with Crippen molar-refractivity contribution in [3.05, 3.63) is 522 Å². The van der Waals surface area contributed by atoms with E-state index in [1.165, 1.54) is 49.3 Å². The number of benzene rings is 22. The molecule has 26 rings (SSSR count). The molecule has 0 radical (unpaired) electrons. The van der Waals surface area contributed by atoms with E-state index in [1.54, 1.807) is 0 Å². The van der Waals surface area contributed by atoms with Crippen molar-refractivity contribution in [1.82, 2.24) is 9.13 Å². The predicted molar refractivity (Wildman–Crippen MR) is 579 cm³/mol. The fourth-order valence-electron chi connectivity index (χ4n) is 21.1. The summed E-state index contributed by atoms with van der Waals surface area (Å²) < 4.78 is 17.6. The summed E-state index contributed by atoms with van der Waals surface area (Å²) in [5.74, 6) is 0. The highest BCUT2D eigenvalue weighted by molar-refractivity contribution is 6.16. The summed E-state index contributed by atoms with van der Waals surface area (Å²) in [5.41, 5.74) is 41.9. The van der Waals surface area contributed by atoms with Gasteiger partial charge in [-0.1, -0.05) is 376 Å². The lowest BCUT2D eigenvalue weighted by Crippen LogP contribution is -2.10. The molecule has 0 aliphatic heterocycles. The third-order valence-corrected chi connectivity index (χ3v) is 27.8. The number of fused-ring (bicyclic) bond motifs is 12. The molecule has 4 heterocycles. The smallest absolute Gasteiger partial charge is 0.136 e. The number of nitrogens with zero attached hydrogens (tertiary/aromatic N) is 4. The van der Waals surface area contributed by atoms with Crippen molar-refractivity contribution in [3.8, 4) is 134 Å². The van der Waals surface area contributed by atoms with E-state index in [4.69, 9.17) is 8.83 Å². The Kier molecular flexibility index (Phi) is 19.9. The summed E-state index contributed by atoms with van der Waals surface area (Å²) in [6.07, 6.45) is 0. The Hall–Kier alpha value is -18.4. The second-order valence-corrected chi connectivity index (χ2v) is 35.8. The summed E-state index contributed by atoms with van der Waals surface area (Å²) in [5, 5.41) is 9.38. The van der Waals surface area contributed by atoms with E-state index in [0.717, 1.165) is 206 Å². The highest BCUT2D eigenvalue weighted by Gasteiger charge is 2.25. The molecule has 6 nitrogen and oxygen atoms in total. The molecule has 0 saturated carbocycles. The zero-order valence-corrected chi connectivity index (χ0v) is 75.3. The van der Waals surface area contributed by atoms with Crippen molar-refractivity contribution in [3.63, 3.8) is 0 Å². The minimum atomic E-state index is 0.887. The van der Waals surface area contributed by atoms with Crippen LogP contribution in [0, 0.1) is 0 Å². The highest BCUT2D eigenvalue weighted by atomic mass is 16.3. The van der Waals surface area contributed by atoms with Crippen LogP contribution < -0.4 is 9.80 Å². The maximum Gasteiger partial charge on any atom is 0.136 e. The van der Waals surface area contributed by atoms with Gasteiger partial charge in [-0.05, 0) is 257 Å². The van der Waals surface area contributed by atoms with Crippen LogP contribution >= 0.6 is 0 Å². The minimum Gasteiger partial charge on any atom is -0.456 e. The fraction of sp³-hybridized carbons (Fsp3) is 0. The first-order valence-corrected chi connectivity index (χ1v) is 47.2. The van der Waals surface area contributed by atoms with E-state index in [0.29, 0.717) is 0 Å². The van der Waals surface area contributed by atoms with Gasteiger partial charge in [-0.3, -0.25) is 0 Å². The van der Waals surface area contributed by atoms with E-state index in [9.17, 15) is 0 Å². The Bertz CT molecular complexity index is 9090. The predicted octanol–water partition coefficient (Wildman–Crippen LogP) is 37.0. The van der Waals surface area contributed by atoms with Crippen LogP contribution in [0.5, 0.6) is 0 Å².